The van der Waals surface area contributed by atoms with Gasteiger partial charge in [0.05, 0.1) is 24.1 Å². The second-order valence-corrected chi connectivity index (χ2v) is 8.96. The topological polar surface area (TPSA) is 88.1 Å². The van der Waals surface area contributed by atoms with E-state index in [1.807, 2.05) is 19.2 Å². The molecular weight excluding hydrogens is 404 g/mol. The van der Waals surface area contributed by atoms with Gasteiger partial charge in [0.2, 0.25) is 0 Å². The number of fused-ring (bicyclic) bond motifs is 1. The molecule has 0 spiro atoms. The lowest BCUT2D eigenvalue weighted by Gasteiger charge is -2.24. The predicted molar refractivity (Wildman–Crippen MR) is 126 cm³/mol. The molecule has 3 aromatic rings. The molecule has 0 radical (unpaired) electrons. The molecule has 0 unspecified atom stereocenters. The number of ether oxygens (including phenoxy) is 1. The van der Waals surface area contributed by atoms with Crippen molar-refractivity contribution in [1.82, 2.24) is 25.2 Å². The van der Waals surface area contributed by atoms with E-state index >= 15 is 0 Å². The Morgan fingerprint density at radius 3 is 2.72 bits per heavy atom. The van der Waals surface area contributed by atoms with E-state index in [4.69, 9.17) is 14.8 Å². The minimum atomic E-state index is -0.126. The van der Waals surface area contributed by atoms with Crippen LogP contribution in [0.5, 0.6) is 5.75 Å². The summed E-state index contributed by atoms with van der Waals surface area (Å²) in [4.78, 5) is 21.0. The first-order valence-electron chi connectivity index (χ1n) is 11.8. The third-order valence-corrected chi connectivity index (χ3v) is 6.83. The van der Waals surface area contributed by atoms with E-state index in [2.05, 4.69) is 21.5 Å². The maximum absolute atomic E-state index is 13.2. The van der Waals surface area contributed by atoms with Gasteiger partial charge in [0.15, 0.2) is 5.65 Å². The molecule has 0 amide bonds. The van der Waals surface area contributed by atoms with Crippen molar-refractivity contribution in [3.63, 3.8) is 0 Å². The van der Waals surface area contributed by atoms with Crippen LogP contribution >= 0.6 is 0 Å². The first-order valence-corrected chi connectivity index (χ1v) is 11.8. The summed E-state index contributed by atoms with van der Waals surface area (Å²) in [6.07, 6.45) is 9.42. The molecule has 32 heavy (non-hydrogen) atoms. The Kier molecular flexibility index (Phi) is 5.87. The zero-order chi connectivity index (χ0) is 22.1. The number of rotatable bonds is 4. The zero-order valence-electron chi connectivity index (χ0n) is 19.0. The molecule has 2 N–H and O–H groups in total. The van der Waals surface area contributed by atoms with Gasteiger partial charge in [0.1, 0.15) is 17.0 Å². The fourth-order valence-electron chi connectivity index (χ4n) is 5.10. The van der Waals surface area contributed by atoms with E-state index in [0.717, 1.165) is 49.3 Å². The maximum Gasteiger partial charge on any atom is 0.262 e. The second kappa shape index (κ2) is 8.94. The van der Waals surface area contributed by atoms with Crippen molar-refractivity contribution in [2.24, 2.45) is 7.05 Å². The van der Waals surface area contributed by atoms with Crippen LogP contribution in [0.15, 0.2) is 23.0 Å². The lowest BCUT2D eigenvalue weighted by molar-refractivity contribution is 0.416. The smallest absolute Gasteiger partial charge is 0.262 e. The van der Waals surface area contributed by atoms with E-state index in [-0.39, 0.29) is 5.56 Å². The number of hydrazine groups is 1. The van der Waals surface area contributed by atoms with Crippen molar-refractivity contribution >= 4 is 16.7 Å². The number of nitrogens with one attached hydrogen (secondary N) is 2. The molecule has 8 nitrogen and oxygen atoms in total. The highest BCUT2D eigenvalue weighted by Crippen LogP contribution is 2.36. The van der Waals surface area contributed by atoms with Crippen LogP contribution < -0.4 is 20.7 Å². The van der Waals surface area contributed by atoms with Gasteiger partial charge in [-0.2, -0.15) is 5.10 Å². The summed E-state index contributed by atoms with van der Waals surface area (Å²) in [5, 5.41) is 7.53. The van der Waals surface area contributed by atoms with Crippen molar-refractivity contribution in [1.29, 1.82) is 0 Å². The second-order valence-electron chi connectivity index (χ2n) is 8.96. The van der Waals surface area contributed by atoms with Gasteiger partial charge in [0.25, 0.3) is 5.56 Å². The van der Waals surface area contributed by atoms with Crippen molar-refractivity contribution in [3.8, 4) is 17.1 Å². The molecular formula is C24H32N6O2. The summed E-state index contributed by atoms with van der Waals surface area (Å²) in [5.74, 6) is 1.54. The average molecular weight is 437 g/mol. The number of aromatic nitrogens is 4. The monoisotopic (exact) mass is 436 g/mol. The number of anilines is 1. The highest BCUT2D eigenvalue weighted by Gasteiger charge is 2.25. The summed E-state index contributed by atoms with van der Waals surface area (Å²) in [7, 11) is 3.52. The number of aromatic amines is 1. The number of nitrogens with zero attached hydrogens (tertiary/aromatic N) is 4. The van der Waals surface area contributed by atoms with Gasteiger partial charge in [-0.3, -0.25) is 4.79 Å². The Bertz CT molecular complexity index is 1150. The number of hydrogen-bond donors (Lipinski definition) is 2. The molecule has 170 valence electrons. The zero-order valence-corrected chi connectivity index (χ0v) is 19.0. The van der Waals surface area contributed by atoms with Gasteiger partial charge in [0, 0.05) is 32.1 Å². The third kappa shape index (κ3) is 3.88. The van der Waals surface area contributed by atoms with E-state index in [0.29, 0.717) is 28.5 Å². The number of H-pyrrole nitrogens is 1. The number of benzene rings is 1. The molecule has 1 aliphatic heterocycles. The molecule has 1 aliphatic carbocycles. The van der Waals surface area contributed by atoms with Crippen LogP contribution in [-0.2, 0) is 7.05 Å². The van der Waals surface area contributed by atoms with E-state index in [1.165, 1.54) is 32.1 Å². The highest BCUT2D eigenvalue weighted by molar-refractivity contribution is 5.81. The predicted octanol–water partition coefficient (Wildman–Crippen LogP) is 3.87. The minimum Gasteiger partial charge on any atom is -0.496 e. The Hall–Kier alpha value is -2.87. The maximum atomic E-state index is 13.2. The van der Waals surface area contributed by atoms with Crippen molar-refractivity contribution in [2.75, 3.05) is 25.2 Å². The molecule has 3 heterocycles. The summed E-state index contributed by atoms with van der Waals surface area (Å²) in [6.45, 7) is 1.93. The average Bonchev–Trinajstić information content (AvgIpc) is 2.99. The summed E-state index contributed by atoms with van der Waals surface area (Å²) in [6, 6.07) is 6.04. The molecule has 2 aliphatic rings. The number of hydrogen-bond acceptors (Lipinski definition) is 6. The summed E-state index contributed by atoms with van der Waals surface area (Å²) in [5.41, 5.74) is 6.70. The number of methoxy groups -OCH3 is 1. The molecule has 0 atom stereocenters. The van der Waals surface area contributed by atoms with Crippen LogP contribution in [0, 0.1) is 0 Å². The van der Waals surface area contributed by atoms with Crippen LogP contribution in [0.25, 0.3) is 22.4 Å². The van der Waals surface area contributed by atoms with Gasteiger partial charge < -0.3 is 14.7 Å². The molecule has 1 aromatic carbocycles. The Labute approximate surface area is 188 Å². The Morgan fingerprint density at radius 2 is 1.91 bits per heavy atom. The lowest BCUT2D eigenvalue weighted by atomic mass is 9.86. The third-order valence-electron chi connectivity index (χ3n) is 6.83. The van der Waals surface area contributed by atoms with Crippen LogP contribution in [0.1, 0.15) is 63.0 Å². The fourth-order valence-corrected chi connectivity index (χ4v) is 5.10. The van der Waals surface area contributed by atoms with Gasteiger partial charge >= 0.3 is 0 Å². The highest BCUT2D eigenvalue weighted by atomic mass is 16.5. The summed E-state index contributed by atoms with van der Waals surface area (Å²) < 4.78 is 7.46. The molecule has 2 fully saturated rings. The van der Waals surface area contributed by atoms with Crippen LogP contribution in [0.2, 0.25) is 0 Å². The fraction of sp³-hybridized carbons (Fsp3) is 0.542. The molecule has 2 aromatic heterocycles. The molecule has 1 saturated heterocycles. The van der Waals surface area contributed by atoms with Crippen molar-refractivity contribution in [3.05, 3.63) is 34.2 Å². The molecule has 8 heteroatoms. The van der Waals surface area contributed by atoms with E-state index in [9.17, 15) is 4.79 Å². The first kappa shape index (κ1) is 21.0. The molecule has 5 rings (SSSR count). The SMILES string of the molecule is COc1cc(N2CCCCCN2)ccc1-c1nc2c(c(C3CCCCC3)nn2C)c(=O)[nH]1. The van der Waals surface area contributed by atoms with E-state index < -0.39 is 0 Å². The number of aryl methyl sites for hydroxylation is 1. The van der Waals surface area contributed by atoms with Gasteiger partial charge in [-0.05, 0) is 37.8 Å². The Balaban J connectivity index is 1.54. The summed E-state index contributed by atoms with van der Waals surface area (Å²) >= 11 is 0. The van der Waals surface area contributed by atoms with E-state index in [1.54, 1.807) is 11.8 Å². The minimum absolute atomic E-state index is 0.126. The molecule has 0 bridgehead atoms. The van der Waals surface area contributed by atoms with Gasteiger partial charge in [-0.15, -0.1) is 0 Å². The van der Waals surface area contributed by atoms with Crippen LogP contribution in [0.3, 0.4) is 0 Å². The Morgan fingerprint density at radius 1 is 1.09 bits per heavy atom. The largest absolute Gasteiger partial charge is 0.496 e. The molecule has 1 saturated carbocycles. The van der Waals surface area contributed by atoms with Crippen molar-refractivity contribution in [2.45, 2.75) is 57.3 Å². The van der Waals surface area contributed by atoms with Crippen molar-refractivity contribution < 1.29 is 4.74 Å². The van der Waals surface area contributed by atoms with Crippen LogP contribution in [0.4, 0.5) is 5.69 Å². The first-order chi connectivity index (χ1) is 15.7. The normalized spacial score (nSPS) is 18.1. The standard InChI is InChI=1S/C24H32N6O2/c1-29-23-20(21(28-29)16-9-5-3-6-10-16)24(31)27-22(26-23)18-12-11-17(15-19(18)32-2)30-14-8-4-7-13-25-30/h11-12,15-16,25H,3-10,13-14H2,1-2H3,(H,26,27,31). The van der Waals surface area contributed by atoms with Gasteiger partial charge in [-0.25, -0.2) is 15.1 Å². The lowest BCUT2D eigenvalue weighted by Crippen LogP contribution is -2.37. The van der Waals surface area contributed by atoms with Gasteiger partial charge in [-0.1, -0.05) is 25.7 Å². The van der Waals surface area contributed by atoms with Crippen LogP contribution in [-0.4, -0.2) is 39.9 Å². The quantitative estimate of drug-likeness (QED) is 0.645.